The van der Waals surface area contributed by atoms with Gasteiger partial charge in [-0.15, -0.1) is 0 Å². The summed E-state index contributed by atoms with van der Waals surface area (Å²) in [6.45, 7) is 0.410. The molecular formula is C29H32Cl2FN5O3. The first-order valence-electron chi connectivity index (χ1n) is 12.8. The van der Waals surface area contributed by atoms with Crippen molar-refractivity contribution in [1.29, 1.82) is 0 Å². The molecule has 0 saturated carbocycles. The van der Waals surface area contributed by atoms with Crippen molar-refractivity contribution >= 4 is 40.9 Å². The smallest absolute Gasteiger partial charge is 0.242 e. The lowest BCUT2D eigenvalue weighted by atomic mass is 10.1. The van der Waals surface area contributed by atoms with E-state index in [-0.39, 0.29) is 44.4 Å². The second-order valence-electron chi connectivity index (χ2n) is 9.21. The van der Waals surface area contributed by atoms with Crippen LogP contribution in [0.25, 0.3) is 0 Å². The highest BCUT2D eigenvalue weighted by atomic mass is 35.5. The third kappa shape index (κ3) is 10.6. The van der Waals surface area contributed by atoms with Gasteiger partial charge in [0, 0.05) is 41.4 Å². The predicted molar refractivity (Wildman–Crippen MR) is 153 cm³/mol. The lowest BCUT2D eigenvalue weighted by Crippen LogP contribution is -2.48. The first-order chi connectivity index (χ1) is 19.2. The van der Waals surface area contributed by atoms with Crippen molar-refractivity contribution in [2.75, 3.05) is 39.3 Å². The molecule has 0 unspecified atom stereocenters. The molecule has 3 rings (SSSR count). The number of primary amides is 1. The van der Waals surface area contributed by atoms with E-state index in [2.05, 4.69) is 10.3 Å². The summed E-state index contributed by atoms with van der Waals surface area (Å²) in [5.41, 5.74) is 7.88. The molecule has 40 heavy (non-hydrogen) atoms. The molecule has 1 aromatic heterocycles. The quantitative estimate of drug-likeness (QED) is 0.265. The topological polar surface area (TPSA) is 109 Å². The number of carbonyl (C=O) groups excluding carboxylic acids is 3. The summed E-state index contributed by atoms with van der Waals surface area (Å²) in [5.74, 6) is -1.70. The van der Waals surface area contributed by atoms with Gasteiger partial charge in [0.1, 0.15) is 5.82 Å². The van der Waals surface area contributed by atoms with E-state index in [1.807, 2.05) is 18.2 Å². The molecule has 0 aliphatic carbocycles. The van der Waals surface area contributed by atoms with Gasteiger partial charge in [-0.05, 0) is 66.9 Å². The van der Waals surface area contributed by atoms with Crippen LogP contribution in [-0.2, 0) is 33.6 Å². The van der Waals surface area contributed by atoms with Crippen molar-refractivity contribution in [3.63, 3.8) is 0 Å². The van der Waals surface area contributed by atoms with E-state index in [0.29, 0.717) is 35.9 Å². The van der Waals surface area contributed by atoms with Crippen LogP contribution in [0.3, 0.4) is 0 Å². The van der Waals surface area contributed by atoms with Crippen LogP contribution in [0, 0.1) is 5.82 Å². The van der Waals surface area contributed by atoms with Gasteiger partial charge in [-0.1, -0.05) is 47.5 Å². The van der Waals surface area contributed by atoms with E-state index >= 15 is 0 Å². The Kier molecular flexibility index (Phi) is 12.3. The molecule has 212 valence electrons. The summed E-state index contributed by atoms with van der Waals surface area (Å²) in [7, 11) is 0. The maximum Gasteiger partial charge on any atom is 0.242 e. The van der Waals surface area contributed by atoms with Gasteiger partial charge < -0.3 is 20.9 Å². The molecule has 0 bridgehead atoms. The number of nitrogens with one attached hydrogen (secondary N) is 1. The van der Waals surface area contributed by atoms with E-state index in [4.69, 9.17) is 28.9 Å². The second-order valence-corrected chi connectivity index (χ2v) is 10.1. The number of carbonyl (C=O) groups is 3. The second kappa shape index (κ2) is 15.9. The van der Waals surface area contributed by atoms with Crippen LogP contribution < -0.4 is 11.1 Å². The fourth-order valence-electron chi connectivity index (χ4n) is 4.00. The van der Waals surface area contributed by atoms with Gasteiger partial charge in [0.2, 0.25) is 17.7 Å². The van der Waals surface area contributed by atoms with E-state index in [0.717, 1.165) is 16.8 Å². The third-order valence-corrected chi connectivity index (χ3v) is 6.78. The summed E-state index contributed by atoms with van der Waals surface area (Å²) >= 11 is 12.2. The fourth-order valence-corrected chi connectivity index (χ4v) is 4.50. The van der Waals surface area contributed by atoms with Crippen LogP contribution in [0.4, 0.5) is 4.39 Å². The molecule has 3 N–H and O–H groups in total. The Morgan fingerprint density at radius 2 is 1.60 bits per heavy atom. The Morgan fingerprint density at radius 3 is 2.27 bits per heavy atom. The molecule has 0 fully saturated rings. The van der Waals surface area contributed by atoms with Crippen molar-refractivity contribution in [3.8, 4) is 0 Å². The Bertz CT molecular complexity index is 1280. The number of nitrogens with zero attached hydrogens (tertiary/aromatic N) is 3. The molecular weight excluding hydrogens is 556 g/mol. The van der Waals surface area contributed by atoms with Gasteiger partial charge in [-0.2, -0.15) is 0 Å². The zero-order valence-corrected chi connectivity index (χ0v) is 23.5. The molecule has 0 atom stereocenters. The average molecular weight is 589 g/mol. The minimum atomic E-state index is -0.652. The monoisotopic (exact) mass is 587 g/mol. The lowest BCUT2D eigenvalue weighted by Gasteiger charge is -2.27. The number of amides is 3. The first kappa shape index (κ1) is 31.0. The lowest BCUT2D eigenvalue weighted by molar-refractivity contribution is -0.141. The number of hydrogen-bond donors (Lipinski definition) is 2. The average Bonchev–Trinajstić information content (AvgIpc) is 2.93. The molecule has 0 radical (unpaired) electrons. The highest BCUT2D eigenvalue weighted by Crippen LogP contribution is 2.21. The summed E-state index contributed by atoms with van der Waals surface area (Å²) in [4.78, 5) is 45.2. The summed E-state index contributed by atoms with van der Waals surface area (Å²) in [5, 5.41) is 4.20. The minimum Gasteiger partial charge on any atom is -0.368 e. The Labute approximate surface area is 243 Å². The molecule has 0 aliphatic heterocycles. The van der Waals surface area contributed by atoms with Crippen LogP contribution in [0.15, 0.2) is 66.9 Å². The molecule has 2 aromatic carbocycles. The molecule has 0 saturated heterocycles. The number of aromatic nitrogens is 1. The van der Waals surface area contributed by atoms with Crippen LogP contribution in [0.1, 0.15) is 16.8 Å². The normalized spacial score (nSPS) is 10.8. The largest absolute Gasteiger partial charge is 0.368 e. The highest BCUT2D eigenvalue weighted by Gasteiger charge is 2.22. The van der Waals surface area contributed by atoms with Gasteiger partial charge in [0.25, 0.3) is 0 Å². The van der Waals surface area contributed by atoms with E-state index in [1.54, 1.807) is 36.5 Å². The maximum absolute atomic E-state index is 13.3. The molecule has 3 amide bonds. The highest BCUT2D eigenvalue weighted by molar-refractivity contribution is 6.35. The molecule has 0 spiro atoms. The van der Waals surface area contributed by atoms with Crippen molar-refractivity contribution < 1.29 is 18.8 Å². The minimum absolute atomic E-state index is 0.00827. The van der Waals surface area contributed by atoms with Crippen LogP contribution in [-0.4, -0.2) is 71.8 Å². The molecule has 8 nitrogen and oxygen atoms in total. The summed E-state index contributed by atoms with van der Waals surface area (Å²) in [6.07, 6.45) is 3.08. The van der Waals surface area contributed by atoms with Gasteiger partial charge in [-0.3, -0.25) is 19.4 Å². The number of benzene rings is 2. The van der Waals surface area contributed by atoms with Crippen LogP contribution in [0.2, 0.25) is 10.0 Å². The standard InChI is InChI=1S/C29H32Cl2FN5O3/c30-23-7-6-22(26(31)17-23)10-14-34-18-28(39)37(15-11-21-4-8-24(32)9-5-21)20-29(40)36(19-27(33)38)16-12-25-3-1-2-13-35-25/h1-9,13,17,34H,10-12,14-16,18-20H2,(H2,33,38). The Morgan fingerprint density at radius 1 is 0.875 bits per heavy atom. The van der Waals surface area contributed by atoms with Gasteiger partial charge in [0.15, 0.2) is 0 Å². The fraction of sp³-hybridized carbons (Fsp3) is 0.310. The van der Waals surface area contributed by atoms with E-state index in [1.165, 1.54) is 21.9 Å². The Balaban J connectivity index is 1.63. The molecule has 0 aliphatic rings. The molecule has 3 aromatic rings. The first-order valence-corrected chi connectivity index (χ1v) is 13.6. The SMILES string of the molecule is NC(=O)CN(CCc1ccccn1)C(=O)CN(CCc1ccc(F)cc1)C(=O)CNCCc1ccc(Cl)cc1Cl. The number of hydrogen-bond acceptors (Lipinski definition) is 5. The molecule has 11 heteroatoms. The van der Waals surface area contributed by atoms with Crippen molar-refractivity contribution in [3.05, 3.63) is 99.5 Å². The summed E-state index contributed by atoms with van der Waals surface area (Å²) < 4.78 is 13.3. The van der Waals surface area contributed by atoms with Gasteiger partial charge in [-0.25, -0.2) is 4.39 Å². The summed E-state index contributed by atoms with van der Waals surface area (Å²) in [6, 6.07) is 16.7. The predicted octanol–water partition coefficient (Wildman–Crippen LogP) is 3.29. The number of pyridine rings is 1. The molecule has 1 heterocycles. The number of halogens is 3. The number of rotatable bonds is 15. The zero-order valence-electron chi connectivity index (χ0n) is 22.0. The third-order valence-electron chi connectivity index (χ3n) is 6.19. The van der Waals surface area contributed by atoms with Crippen LogP contribution in [0.5, 0.6) is 0 Å². The van der Waals surface area contributed by atoms with E-state index in [9.17, 15) is 18.8 Å². The van der Waals surface area contributed by atoms with Crippen molar-refractivity contribution in [2.45, 2.75) is 19.3 Å². The number of nitrogens with two attached hydrogens (primary N) is 1. The van der Waals surface area contributed by atoms with E-state index < -0.39 is 11.8 Å². The van der Waals surface area contributed by atoms with Crippen molar-refractivity contribution in [1.82, 2.24) is 20.1 Å². The maximum atomic E-state index is 13.3. The van der Waals surface area contributed by atoms with Crippen molar-refractivity contribution in [2.24, 2.45) is 5.73 Å². The van der Waals surface area contributed by atoms with Crippen LogP contribution >= 0.6 is 23.2 Å². The zero-order chi connectivity index (χ0) is 28.9. The van der Waals surface area contributed by atoms with Gasteiger partial charge in [0.05, 0.1) is 19.6 Å². The van der Waals surface area contributed by atoms with Gasteiger partial charge >= 0.3 is 0 Å². The Hall–Kier alpha value is -3.53.